The summed E-state index contributed by atoms with van der Waals surface area (Å²) < 4.78 is 0. The molecule has 0 radical (unpaired) electrons. The molecule has 9 heteroatoms. The first-order chi connectivity index (χ1) is 20.7. The number of nitrogens with zero attached hydrogens (tertiary/aromatic N) is 5. The smallest absolute Gasteiger partial charge is 0.275 e. The van der Waals surface area contributed by atoms with Crippen LogP contribution in [0.1, 0.15) is 105 Å². The van der Waals surface area contributed by atoms with Gasteiger partial charge in [0.25, 0.3) is 5.91 Å². The van der Waals surface area contributed by atoms with Gasteiger partial charge in [-0.15, -0.1) is 10.2 Å². The molecule has 1 unspecified atom stereocenters. The van der Waals surface area contributed by atoms with Crippen LogP contribution in [0.3, 0.4) is 0 Å². The highest BCUT2D eigenvalue weighted by Gasteiger charge is 2.52. The number of Topliss-reactive ketones (excluding diaryl/α,β-unsaturated/α-hetero) is 1. The fourth-order valence-corrected chi connectivity index (χ4v) is 6.75. The lowest BCUT2D eigenvalue weighted by Crippen LogP contribution is -2.51. The van der Waals surface area contributed by atoms with Gasteiger partial charge in [0.2, 0.25) is 0 Å². The van der Waals surface area contributed by atoms with Gasteiger partial charge in [-0.25, -0.2) is 0 Å². The zero-order valence-electron chi connectivity index (χ0n) is 25.4. The monoisotopic (exact) mass is 600 g/mol. The number of aromatic amines is 1. The van der Waals surface area contributed by atoms with Crippen LogP contribution in [0.5, 0.6) is 0 Å². The Bertz CT molecular complexity index is 1470. The molecule has 5 rings (SSSR count). The van der Waals surface area contributed by atoms with Crippen molar-refractivity contribution < 1.29 is 9.59 Å². The van der Waals surface area contributed by atoms with E-state index >= 15 is 0 Å². The van der Waals surface area contributed by atoms with Gasteiger partial charge in [0, 0.05) is 22.6 Å². The summed E-state index contributed by atoms with van der Waals surface area (Å²) >= 11 is 6.35. The van der Waals surface area contributed by atoms with Crippen LogP contribution in [0.25, 0.3) is 0 Å². The van der Waals surface area contributed by atoms with E-state index in [4.69, 9.17) is 16.6 Å². The van der Waals surface area contributed by atoms with Crippen molar-refractivity contribution in [2.45, 2.75) is 90.3 Å². The molecule has 1 atom stereocenters. The Morgan fingerprint density at radius 3 is 2.53 bits per heavy atom. The molecule has 1 N–H and O–H groups in total. The highest BCUT2D eigenvalue weighted by molar-refractivity contribution is 6.47. The number of rotatable bonds is 12. The topological polar surface area (TPSA) is 104 Å². The van der Waals surface area contributed by atoms with Crippen molar-refractivity contribution in [3.05, 3.63) is 88.2 Å². The molecule has 1 aliphatic heterocycles. The third kappa shape index (κ3) is 6.64. The number of hydrogen-bond donors (Lipinski definition) is 1. The lowest BCUT2D eigenvalue weighted by molar-refractivity contribution is -0.133. The average Bonchev–Trinajstić information content (AvgIpc) is 3.63. The van der Waals surface area contributed by atoms with Crippen LogP contribution < -0.4 is 0 Å². The van der Waals surface area contributed by atoms with E-state index in [0.717, 1.165) is 56.1 Å². The number of aryl methyl sites for hydroxylation is 1. The summed E-state index contributed by atoms with van der Waals surface area (Å²) in [6.07, 6.45) is 7.49. The van der Waals surface area contributed by atoms with Crippen molar-refractivity contribution in [2.24, 2.45) is 16.8 Å². The summed E-state index contributed by atoms with van der Waals surface area (Å²) in [6.45, 7) is 10.7. The highest BCUT2D eigenvalue weighted by atomic mass is 35.5. The molecule has 226 valence electrons. The van der Waals surface area contributed by atoms with Crippen molar-refractivity contribution >= 4 is 29.0 Å². The van der Waals surface area contributed by atoms with Crippen LogP contribution in [0, 0.1) is 11.8 Å². The van der Waals surface area contributed by atoms with Gasteiger partial charge in [-0.3, -0.25) is 14.6 Å². The number of H-pyrrole nitrogens is 1. The number of carbonyl (C=O) groups excluding carboxylic acids is 2. The molecule has 3 aromatic rings. The summed E-state index contributed by atoms with van der Waals surface area (Å²) in [7, 11) is 0. The van der Waals surface area contributed by atoms with E-state index < -0.39 is 5.66 Å². The number of aliphatic imine (C=N–C) groups is 1. The number of halogens is 1. The lowest BCUT2D eigenvalue weighted by Gasteiger charge is -2.46. The third-order valence-electron chi connectivity index (χ3n) is 9.12. The Balaban J connectivity index is 1.44. The van der Waals surface area contributed by atoms with Gasteiger partial charge in [0.1, 0.15) is 11.4 Å². The van der Waals surface area contributed by atoms with Gasteiger partial charge in [-0.05, 0) is 73.6 Å². The molecule has 1 amide bonds. The van der Waals surface area contributed by atoms with Crippen LogP contribution in [0.2, 0.25) is 5.02 Å². The molecule has 0 saturated heterocycles. The SMILES string of the molecule is C=C(CCc1nn[nH]n1)C(=O)c1ccc(C(CCCC)N2C(=O)C(c3cccc(Cl)c3)=NC23CCC(C(C)C)CC3)cc1. The number of allylic oxidation sites excluding steroid dienone is 1. The quantitative estimate of drug-likeness (QED) is 0.173. The summed E-state index contributed by atoms with van der Waals surface area (Å²) in [4.78, 5) is 34.9. The summed E-state index contributed by atoms with van der Waals surface area (Å²) in [5.74, 6) is 1.63. The number of amides is 1. The standard InChI is InChI=1S/C34H41ClN6O2/c1-5-6-10-29(25-12-14-26(15-13-25)32(42)23(4)11-16-30-37-39-40-38-30)41-33(43)31(27-8-7-9-28(35)21-27)36-34(41)19-17-24(18-20-34)22(2)3/h7-9,12-15,21-22,24,29H,4-6,10-11,16-20H2,1-3H3,(H,37,38,39,40). The fraction of sp³-hybridized carbons (Fsp3) is 0.471. The number of tetrazole rings is 1. The maximum Gasteiger partial charge on any atom is 0.275 e. The van der Waals surface area contributed by atoms with E-state index in [9.17, 15) is 9.59 Å². The van der Waals surface area contributed by atoms with Crippen molar-refractivity contribution in [3.63, 3.8) is 0 Å². The zero-order valence-corrected chi connectivity index (χ0v) is 26.1. The second kappa shape index (κ2) is 13.3. The first-order valence-corrected chi connectivity index (χ1v) is 15.8. The molecule has 1 fully saturated rings. The van der Waals surface area contributed by atoms with E-state index in [2.05, 4.69) is 52.9 Å². The summed E-state index contributed by atoms with van der Waals surface area (Å²) in [6, 6.07) is 15.0. The van der Waals surface area contributed by atoms with Crippen molar-refractivity contribution in [1.29, 1.82) is 0 Å². The Morgan fingerprint density at radius 1 is 1.16 bits per heavy atom. The average molecular weight is 601 g/mol. The van der Waals surface area contributed by atoms with Gasteiger partial charge in [-0.2, -0.15) is 5.21 Å². The maximum absolute atomic E-state index is 14.4. The first-order valence-electron chi connectivity index (χ1n) is 15.5. The third-order valence-corrected chi connectivity index (χ3v) is 9.36. The van der Waals surface area contributed by atoms with Crippen LogP contribution in [0.15, 0.2) is 65.7 Å². The number of unbranched alkanes of at least 4 members (excludes halogenated alkanes) is 1. The number of aromatic nitrogens is 4. The zero-order chi connectivity index (χ0) is 30.6. The Hall–Kier alpha value is -3.65. The maximum atomic E-state index is 14.4. The largest absolute Gasteiger partial charge is 0.305 e. The summed E-state index contributed by atoms with van der Waals surface area (Å²) in [5.41, 5.74) is 2.76. The molecule has 0 bridgehead atoms. The number of nitrogens with one attached hydrogen (secondary N) is 1. The highest BCUT2D eigenvalue weighted by Crippen LogP contribution is 2.48. The Kier molecular flexibility index (Phi) is 9.55. The number of benzene rings is 2. The molecule has 1 spiro atoms. The van der Waals surface area contributed by atoms with E-state index in [-0.39, 0.29) is 17.7 Å². The minimum absolute atomic E-state index is 0.0404. The van der Waals surface area contributed by atoms with Crippen molar-refractivity contribution in [1.82, 2.24) is 25.5 Å². The molecular formula is C34H41ClN6O2. The normalized spacial score (nSPS) is 21.0. The molecule has 43 heavy (non-hydrogen) atoms. The predicted octanol–water partition coefficient (Wildman–Crippen LogP) is 7.33. The van der Waals surface area contributed by atoms with Crippen LogP contribution >= 0.6 is 11.6 Å². The number of ketones is 1. The fourth-order valence-electron chi connectivity index (χ4n) is 6.56. The van der Waals surface area contributed by atoms with Gasteiger partial charge in [0.05, 0.1) is 6.04 Å². The van der Waals surface area contributed by atoms with Gasteiger partial charge < -0.3 is 4.90 Å². The van der Waals surface area contributed by atoms with Crippen LogP contribution in [-0.4, -0.2) is 48.6 Å². The van der Waals surface area contributed by atoms with Crippen LogP contribution in [-0.2, 0) is 11.2 Å². The van der Waals surface area contributed by atoms with E-state index in [1.165, 1.54) is 0 Å². The molecular weight excluding hydrogens is 560 g/mol. The number of carbonyl (C=O) groups is 2. The van der Waals surface area contributed by atoms with Crippen molar-refractivity contribution in [2.75, 3.05) is 0 Å². The lowest BCUT2D eigenvalue weighted by atomic mass is 9.76. The van der Waals surface area contributed by atoms with E-state index in [1.54, 1.807) is 0 Å². The minimum atomic E-state index is -0.587. The van der Waals surface area contributed by atoms with Gasteiger partial charge in [0.15, 0.2) is 11.6 Å². The molecule has 2 heterocycles. The van der Waals surface area contributed by atoms with Gasteiger partial charge in [-0.1, -0.05) is 93.4 Å². The molecule has 8 nitrogen and oxygen atoms in total. The Labute approximate surface area is 259 Å². The molecule has 2 aliphatic rings. The van der Waals surface area contributed by atoms with E-state index in [0.29, 0.717) is 52.4 Å². The van der Waals surface area contributed by atoms with Gasteiger partial charge >= 0.3 is 0 Å². The first kappa shape index (κ1) is 30.8. The Morgan fingerprint density at radius 2 is 1.91 bits per heavy atom. The van der Waals surface area contributed by atoms with Crippen molar-refractivity contribution in [3.8, 4) is 0 Å². The van der Waals surface area contributed by atoms with E-state index in [1.807, 2.05) is 48.5 Å². The molecule has 1 aliphatic carbocycles. The molecule has 2 aromatic carbocycles. The second-order valence-electron chi connectivity index (χ2n) is 12.3. The molecule has 1 aromatic heterocycles. The molecule has 1 saturated carbocycles. The summed E-state index contributed by atoms with van der Waals surface area (Å²) in [5, 5.41) is 14.5. The second-order valence-corrected chi connectivity index (χ2v) is 12.7. The number of hydrogen-bond acceptors (Lipinski definition) is 6. The predicted molar refractivity (Wildman–Crippen MR) is 169 cm³/mol. The van der Waals surface area contributed by atoms with Crippen LogP contribution in [0.4, 0.5) is 0 Å². The minimum Gasteiger partial charge on any atom is -0.305 e.